The second kappa shape index (κ2) is 6.94. The monoisotopic (exact) mass is 357 g/mol. The first kappa shape index (κ1) is 17.0. The summed E-state index contributed by atoms with van der Waals surface area (Å²) in [5.41, 5.74) is 1.91. The summed E-state index contributed by atoms with van der Waals surface area (Å²) in [5.74, 6) is -0.0783. The lowest BCUT2D eigenvalue weighted by atomic mass is 10.2. The van der Waals surface area contributed by atoms with Crippen LogP contribution in [-0.4, -0.2) is 22.2 Å². The highest BCUT2D eigenvalue weighted by molar-refractivity contribution is 6.31. The van der Waals surface area contributed by atoms with Crippen LogP contribution in [0.2, 0.25) is 5.02 Å². The first-order valence-electron chi connectivity index (χ1n) is 7.57. The van der Waals surface area contributed by atoms with E-state index in [1.54, 1.807) is 35.9 Å². The van der Waals surface area contributed by atoms with Crippen LogP contribution in [0, 0.1) is 6.92 Å². The number of aryl methyl sites for hydroxylation is 2. The average Bonchev–Trinajstić information content (AvgIpc) is 2.85. The first-order valence-corrected chi connectivity index (χ1v) is 7.95. The van der Waals surface area contributed by atoms with Crippen LogP contribution in [0.1, 0.15) is 5.56 Å². The summed E-state index contributed by atoms with van der Waals surface area (Å²) < 4.78 is 6.97. The molecule has 0 aliphatic heterocycles. The molecule has 1 aromatic heterocycles. The van der Waals surface area contributed by atoms with Gasteiger partial charge in [0.15, 0.2) is 12.3 Å². The van der Waals surface area contributed by atoms with E-state index in [0.29, 0.717) is 16.2 Å². The number of carbonyl (C=O) groups is 1. The maximum atomic E-state index is 11.9. The number of aromatic hydroxyl groups is 1. The molecule has 3 rings (SSSR count). The molecule has 1 N–H and O–H groups in total. The number of azo groups is 1. The standard InChI is InChI=1S/C18H16ClN3O3/c1-11-9-12(7-8-14(11)19)25-10-16(23)20-21-17-13-5-3-4-6-15(13)22(2)18(17)24/h3-9,24H,10H2,1-2H3. The Morgan fingerprint density at radius 1 is 1.28 bits per heavy atom. The van der Waals surface area contributed by atoms with Gasteiger partial charge in [0.1, 0.15) is 5.75 Å². The van der Waals surface area contributed by atoms with E-state index in [1.807, 2.05) is 25.1 Å². The fourth-order valence-corrected chi connectivity index (χ4v) is 2.56. The molecule has 1 heterocycles. The Hall–Kier alpha value is -2.86. The number of halogens is 1. The summed E-state index contributed by atoms with van der Waals surface area (Å²) in [6.07, 6.45) is 0. The molecule has 2 aromatic carbocycles. The molecule has 0 bridgehead atoms. The van der Waals surface area contributed by atoms with Crippen molar-refractivity contribution < 1.29 is 14.6 Å². The topological polar surface area (TPSA) is 76.2 Å². The van der Waals surface area contributed by atoms with Crippen molar-refractivity contribution in [1.29, 1.82) is 0 Å². The molecule has 1 amide bonds. The van der Waals surface area contributed by atoms with E-state index in [1.165, 1.54) is 0 Å². The number of amides is 1. The van der Waals surface area contributed by atoms with E-state index in [4.69, 9.17) is 16.3 Å². The second-order valence-electron chi connectivity index (χ2n) is 5.54. The number of hydrogen-bond acceptors (Lipinski definition) is 4. The van der Waals surface area contributed by atoms with Crippen LogP contribution in [0.3, 0.4) is 0 Å². The van der Waals surface area contributed by atoms with Gasteiger partial charge in [-0.1, -0.05) is 29.8 Å². The Labute approximate surface area is 149 Å². The summed E-state index contributed by atoms with van der Waals surface area (Å²) in [4.78, 5) is 11.9. The third-order valence-corrected chi connectivity index (χ3v) is 4.23. The number of carbonyl (C=O) groups excluding carboxylic acids is 1. The summed E-state index contributed by atoms with van der Waals surface area (Å²) >= 11 is 5.94. The minimum absolute atomic E-state index is 0.0491. The lowest BCUT2D eigenvalue weighted by Crippen LogP contribution is -2.07. The summed E-state index contributed by atoms with van der Waals surface area (Å²) in [6.45, 7) is 1.59. The predicted molar refractivity (Wildman–Crippen MR) is 95.8 cm³/mol. The fraction of sp³-hybridized carbons (Fsp3) is 0.167. The smallest absolute Gasteiger partial charge is 0.302 e. The second-order valence-corrected chi connectivity index (χ2v) is 5.95. The third-order valence-electron chi connectivity index (χ3n) is 3.80. The summed E-state index contributed by atoms with van der Waals surface area (Å²) in [6, 6.07) is 12.5. The van der Waals surface area contributed by atoms with Gasteiger partial charge in [-0.3, -0.25) is 4.79 Å². The molecular weight excluding hydrogens is 342 g/mol. The normalized spacial score (nSPS) is 11.3. The number of para-hydroxylation sites is 1. The van der Waals surface area contributed by atoms with E-state index in [2.05, 4.69) is 10.2 Å². The zero-order valence-corrected chi connectivity index (χ0v) is 14.5. The molecular formula is C18H16ClN3O3. The lowest BCUT2D eigenvalue weighted by Gasteiger charge is -2.05. The van der Waals surface area contributed by atoms with Crippen LogP contribution in [0.5, 0.6) is 11.6 Å². The largest absolute Gasteiger partial charge is 0.493 e. The van der Waals surface area contributed by atoms with Crippen LogP contribution in [0.4, 0.5) is 5.69 Å². The molecule has 128 valence electrons. The Kier molecular flexibility index (Phi) is 4.72. The molecule has 0 saturated carbocycles. The summed E-state index contributed by atoms with van der Waals surface area (Å²) in [5, 5.41) is 19.0. The number of rotatable bonds is 4. The van der Waals surface area contributed by atoms with Gasteiger partial charge in [-0.15, -0.1) is 10.2 Å². The molecule has 6 nitrogen and oxygen atoms in total. The van der Waals surface area contributed by atoms with Gasteiger partial charge in [-0.2, -0.15) is 0 Å². The van der Waals surface area contributed by atoms with Crippen molar-refractivity contribution in [3.8, 4) is 11.6 Å². The van der Waals surface area contributed by atoms with Crippen molar-refractivity contribution >= 4 is 34.1 Å². The predicted octanol–water partition coefficient (Wildman–Crippen LogP) is 4.54. The SMILES string of the molecule is Cc1cc(OCC(=O)N=Nc2c(O)n(C)c3ccccc23)ccc1Cl. The molecule has 25 heavy (non-hydrogen) atoms. The van der Waals surface area contributed by atoms with Crippen LogP contribution >= 0.6 is 11.6 Å². The summed E-state index contributed by atoms with van der Waals surface area (Å²) in [7, 11) is 1.71. The molecule has 3 aromatic rings. The Balaban J connectivity index is 1.73. The lowest BCUT2D eigenvalue weighted by molar-refractivity contribution is -0.120. The first-order chi connectivity index (χ1) is 12.0. The minimum Gasteiger partial charge on any atom is -0.493 e. The van der Waals surface area contributed by atoms with Gasteiger partial charge in [0.25, 0.3) is 0 Å². The maximum Gasteiger partial charge on any atom is 0.302 e. The third kappa shape index (κ3) is 3.49. The van der Waals surface area contributed by atoms with Crippen molar-refractivity contribution in [3.63, 3.8) is 0 Å². The van der Waals surface area contributed by atoms with Gasteiger partial charge in [0, 0.05) is 17.5 Å². The van der Waals surface area contributed by atoms with Crippen molar-refractivity contribution in [2.45, 2.75) is 6.92 Å². The molecule has 0 aliphatic carbocycles. The van der Waals surface area contributed by atoms with Crippen molar-refractivity contribution in [2.75, 3.05) is 6.61 Å². The zero-order valence-electron chi connectivity index (χ0n) is 13.7. The highest BCUT2D eigenvalue weighted by Crippen LogP contribution is 2.37. The number of benzene rings is 2. The fourth-order valence-electron chi connectivity index (χ4n) is 2.45. The van der Waals surface area contributed by atoms with Crippen LogP contribution in [0.25, 0.3) is 10.9 Å². The molecule has 0 fully saturated rings. The zero-order chi connectivity index (χ0) is 18.0. The molecule has 0 aliphatic rings. The minimum atomic E-state index is -0.556. The number of ether oxygens (including phenoxy) is 1. The highest BCUT2D eigenvalue weighted by Gasteiger charge is 2.14. The molecule has 0 spiro atoms. The maximum absolute atomic E-state index is 11.9. The van der Waals surface area contributed by atoms with Gasteiger partial charge in [0.05, 0.1) is 5.52 Å². The van der Waals surface area contributed by atoms with Crippen LogP contribution in [-0.2, 0) is 11.8 Å². The van der Waals surface area contributed by atoms with Gasteiger partial charge in [0.2, 0.25) is 5.88 Å². The molecule has 0 radical (unpaired) electrons. The number of nitrogens with zero attached hydrogens (tertiary/aromatic N) is 3. The van der Waals surface area contributed by atoms with Crippen molar-refractivity contribution in [2.24, 2.45) is 17.3 Å². The van der Waals surface area contributed by atoms with E-state index in [-0.39, 0.29) is 18.2 Å². The highest BCUT2D eigenvalue weighted by atomic mass is 35.5. The molecule has 0 unspecified atom stereocenters. The molecule has 7 heteroatoms. The molecule has 0 saturated heterocycles. The van der Waals surface area contributed by atoms with Crippen molar-refractivity contribution in [3.05, 3.63) is 53.1 Å². The van der Waals surface area contributed by atoms with Crippen LogP contribution < -0.4 is 4.74 Å². The molecule has 0 atom stereocenters. The Morgan fingerprint density at radius 3 is 2.80 bits per heavy atom. The van der Waals surface area contributed by atoms with Gasteiger partial charge >= 0.3 is 5.91 Å². The van der Waals surface area contributed by atoms with Gasteiger partial charge in [-0.25, -0.2) is 0 Å². The van der Waals surface area contributed by atoms with E-state index < -0.39 is 5.91 Å². The Bertz CT molecular complexity index is 979. The Morgan fingerprint density at radius 2 is 2.04 bits per heavy atom. The quantitative estimate of drug-likeness (QED) is 0.696. The number of fused-ring (bicyclic) bond motifs is 1. The van der Waals surface area contributed by atoms with E-state index in [0.717, 1.165) is 11.1 Å². The van der Waals surface area contributed by atoms with Gasteiger partial charge in [-0.05, 0) is 36.8 Å². The van der Waals surface area contributed by atoms with E-state index in [9.17, 15) is 9.90 Å². The van der Waals surface area contributed by atoms with Crippen LogP contribution in [0.15, 0.2) is 52.7 Å². The number of hydrogen-bond donors (Lipinski definition) is 1. The van der Waals surface area contributed by atoms with E-state index >= 15 is 0 Å². The van der Waals surface area contributed by atoms with Crippen molar-refractivity contribution in [1.82, 2.24) is 4.57 Å². The number of aromatic nitrogens is 1. The van der Waals surface area contributed by atoms with Gasteiger partial charge < -0.3 is 14.4 Å². The average molecular weight is 358 g/mol.